The number of nitrogens with one attached hydrogen (secondary N) is 3. The summed E-state index contributed by atoms with van der Waals surface area (Å²) in [5.74, 6) is 0.465. The highest BCUT2D eigenvalue weighted by Crippen LogP contribution is 2.29. The van der Waals surface area contributed by atoms with Gasteiger partial charge in [-0.05, 0) is 76.0 Å². The number of amides is 3. The van der Waals surface area contributed by atoms with Crippen LogP contribution in [0, 0.1) is 17.8 Å². The van der Waals surface area contributed by atoms with Gasteiger partial charge in [0.2, 0.25) is 5.91 Å². The maximum absolute atomic E-state index is 12.8. The third kappa shape index (κ3) is 8.34. The first-order valence-corrected chi connectivity index (χ1v) is 12.6. The van der Waals surface area contributed by atoms with Crippen molar-refractivity contribution in [2.45, 2.75) is 108 Å². The minimum Gasteiger partial charge on any atom is -0.481 e. The van der Waals surface area contributed by atoms with Crippen molar-refractivity contribution in [1.29, 1.82) is 0 Å². The van der Waals surface area contributed by atoms with Crippen LogP contribution in [0.15, 0.2) is 0 Å². The maximum Gasteiger partial charge on any atom is 0.315 e. The molecule has 0 aromatic rings. The van der Waals surface area contributed by atoms with Crippen molar-refractivity contribution in [2.24, 2.45) is 17.8 Å². The lowest BCUT2D eigenvalue weighted by atomic mass is 9.82. The number of carbonyl (C=O) groups is 3. The molecule has 3 rings (SSSR count). The van der Waals surface area contributed by atoms with Crippen LogP contribution in [0.5, 0.6) is 0 Å². The summed E-state index contributed by atoms with van der Waals surface area (Å²) in [5.41, 5.74) is 0. The van der Waals surface area contributed by atoms with E-state index in [0.717, 1.165) is 64.3 Å². The van der Waals surface area contributed by atoms with Gasteiger partial charge in [-0.1, -0.05) is 25.7 Å². The van der Waals surface area contributed by atoms with E-state index in [1.165, 1.54) is 32.1 Å². The van der Waals surface area contributed by atoms with Crippen LogP contribution in [0.1, 0.15) is 96.3 Å². The second-order valence-electron chi connectivity index (χ2n) is 10.1. The molecule has 7 nitrogen and oxygen atoms in total. The molecule has 0 bridgehead atoms. The van der Waals surface area contributed by atoms with Crippen molar-refractivity contribution in [3.63, 3.8) is 0 Å². The second kappa shape index (κ2) is 12.3. The Morgan fingerprint density at radius 2 is 1.48 bits per heavy atom. The lowest BCUT2D eigenvalue weighted by Crippen LogP contribution is -2.48. The first kappa shape index (κ1) is 23.9. The lowest BCUT2D eigenvalue weighted by molar-refractivity contribution is -0.137. The molecule has 3 fully saturated rings. The normalized spacial score (nSPS) is 29.7. The van der Waals surface area contributed by atoms with Gasteiger partial charge in [0.05, 0.1) is 0 Å². The largest absolute Gasteiger partial charge is 0.481 e. The van der Waals surface area contributed by atoms with Crippen LogP contribution >= 0.6 is 0 Å². The SMILES string of the molecule is O=C(O)CCC1CCC(NC(=O)C2CCCC(NC(=O)NCC3CCCCC3)C2)CC1. The first-order valence-electron chi connectivity index (χ1n) is 12.6. The molecule has 4 N–H and O–H groups in total. The summed E-state index contributed by atoms with van der Waals surface area (Å²) in [6.45, 7) is 0.762. The van der Waals surface area contributed by atoms with Crippen LogP contribution in [0.3, 0.4) is 0 Å². The molecule has 3 aliphatic carbocycles. The van der Waals surface area contributed by atoms with Gasteiger partial charge in [0.1, 0.15) is 0 Å². The number of carboxylic acid groups (broad SMARTS) is 1. The Labute approximate surface area is 186 Å². The summed E-state index contributed by atoms with van der Waals surface area (Å²) >= 11 is 0. The van der Waals surface area contributed by atoms with Crippen LogP contribution in [-0.4, -0.2) is 41.6 Å². The fourth-order valence-electron chi connectivity index (χ4n) is 5.67. The van der Waals surface area contributed by atoms with Crippen LogP contribution in [0.4, 0.5) is 4.79 Å². The van der Waals surface area contributed by atoms with Crippen molar-refractivity contribution >= 4 is 17.9 Å². The molecule has 0 aromatic carbocycles. The number of urea groups is 1. The molecule has 0 spiro atoms. The number of aliphatic carboxylic acids is 1. The number of hydrogen-bond donors (Lipinski definition) is 4. The van der Waals surface area contributed by atoms with Gasteiger partial charge in [0, 0.05) is 31.0 Å². The van der Waals surface area contributed by atoms with Gasteiger partial charge in [-0.3, -0.25) is 9.59 Å². The highest BCUT2D eigenvalue weighted by Gasteiger charge is 2.30. The van der Waals surface area contributed by atoms with Gasteiger partial charge in [-0.25, -0.2) is 4.79 Å². The topological polar surface area (TPSA) is 108 Å². The molecule has 0 aromatic heterocycles. The molecule has 0 heterocycles. The quantitative estimate of drug-likeness (QED) is 0.463. The van der Waals surface area contributed by atoms with Crippen molar-refractivity contribution in [3.05, 3.63) is 0 Å². The molecule has 3 amide bonds. The Morgan fingerprint density at radius 3 is 2.19 bits per heavy atom. The first-order chi connectivity index (χ1) is 15.0. The average Bonchev–Trinajstić information content (AvgIpc) is 2.78. The Kier molecular flexibility index (Phi) is 9.47. The summed E-state index contributed by atoms with van der Waals surface area (Å²) in [7, 11) is 0. The number of carboxylic acids is 1. The fraction of sp³-hybridized carbons (Fsp3) is 0.875. The summed E-state index contributed by atoms with van der Waals surface area (Å²) in [6.07, 6.45) is 14.7. The highest BCUT2D eigenvalue weighted by molar-refractivity contribution is 5.79. The van der Waals surface area contributed by atoms with E-state index in [2.05, 4.69) is 16.0 Å². The minimum atomic E-state index is -0.724. The van der Waals surface area contributed by atoms with Gasteiger partial charge < -0.3 is 21.1 Å². The third-order valence-electron chi connectivity index (χ3n) is 7.62. The van der Waals surface area contributed by atoms with Crippen molar-refractivity contribution in [3.8, 4) is 0 Å². The molecule has 2 atom stereocenters. The molecule has 2 unspecified atom stereocenters. The summed E-state index contributed by atoms with van der Waals surface area (Å²) < 4.78 is 0. The Balaban J connectivity index is 1.33. The smallest absolute Gasteiger partial charge is 0.315 e. The predicted octanol–water partition coefficient (Wildman–Crippen LogP) is 3.96. The van der Waals surface area contributed by atoms with Crippen molar-refractivity contribution < 1.29 is 19.5 Å². The van der Waals surface area contributed by atoms with E-state index in [4.69, 9.17) is 5.11 Å². The zero-order valence-corrected chi connectivity index (χ0v) is 18.9. The molecule has 0 saturated heterocycles. The number of rotatable bonds is 8. The second-order valence-corrected chi connectivity index (χ2v) is 10.1. The monoisotopic (exact) mass is 435 g/mol. The van der Waals surface area contributed by atoms with E-state index in [1.807, 2.05) is 0 Å². The number of carbonyl (C=O) groups excluding carboxylic acids is 2. The van der Waals surface area contributed by atoms with Crippen molar-refractivity contribution in [1.82, 2.24) is 16.0 Å². The summed E-state index contributed by atoms with van der Waals surface area (Å²) in [6, 6.07) is 0.194. The van der Waals surface area contributed by atoms with Gasteiger partial charge in [0.15, 0.2) is 0 Å². The molecule has 31 heavy (non-hydrogen) atoms. The van der Waals surface area contributed by atoms with Gasteiger partial charge in [-0.15, -0.1) is 0 Å². The van der Waals surface area contributed by atoms with E-state index in [1.54, 1.807) is 0 Å². The molecule has 3 aliphatic rings. The molecule has 0 aliphatic heterocycles. The summed E-state index contributed by atoms with van der Waals surface area (Å²) in [5, 5.41) is 18.2. The van der Waals surface area contributed by atoms with Crippen molar-refractivity contribution in [2.75, 3.05) is 6.54 Å². The standard InChI is InChI=1S/C24H41N3O4/c28-22(29)14-11-17-9-12-20(13-10-17)26-23(30)19-7-4-8-21(15-19)27-24(31)25-16-18-5-2-1-3-6-18/h17-21H,1-16H2,(H,26,30)(H,28,29)(H2,25,27,31). The highest BCUT2D eigenvalue weighted by atomic mass is 16.4. The van der Waals surface area contributed by atoms with E-state index >= 15 is 0 Å². The van der Waals surface area contributed by atoms with E-state index in [-0.39, 0.29) is 36.4 Å². The summed E-state index contributed by atoms with van der Waals surface area (Å²) in [4.78, 5) is 35.9. The van der Waals surface area contributed by atoms with Gasteiger partial charge >= 0.3 is 12.0 Å². The zero-order valence-electron chi connectivity index (χ0n) is 18.9. The van der Waals surface area contributed by atoms with E-state index in [9.17, 15) is 14.4 Å². The molecular weight excluding hydrogens is 394 g/mol. The fourth-order valence-corrected chi connectivity index (χ4v) is 5.67. The Morgan fingerprint density at radius 1 is 0.742 bits per heavy atom. The van der Waals surface area contributed by atoms with Crippen LogP contribution in [0.2, 0.25) is 0 Å². The predicted molar refractivity (Wildman–Crippen MR) is 120 cm³/mol. The Bertz CT molecular complexity index is 598. The number of hydrogen-bond acceptors (Lipinski definition) is 3. The minimum absolute atomic E-state index is 0.0258. The van der Waals surface area contributed by atoms with E-state index < -0.39 is 5.97 Å². The zero-order chi connectivity index (χ0) is 22.1. The Hall–Kier alpha value is -1.79. The molecule has 7 heteroatoms. The van der Waals surface area contributed by atoms with Gasteiger partial charge in [0.25, 0.3) is 0 Å². The van der Waals surface area contributed by atoms with E-state index in [0.29, 0.717) is 11.8 Å². The lowest BCUT2D eigenvalue weighted by Gasteiger charge is -2.33. The third-order valence-corrected chi connectivity index (χ3v) is 7.62. The molecular formula is C24H41N3O4. The average molecular weight is 436 g/mol. The maximum atomic E-state index is 12.8. The molecule has 3 saturated carbocycles. The van der Waals surface area contributed by atoms with Gasteiger partial charge in [-0.2, -0.15) is 0 Å². The molecule has 0 radical (unpaired) electrons. The van der Waals surface area contributed by atoms with Crippen LogP contribution < -0.4 is 16.0 Å². The molecule has 176 valence electrons. The van der Waals surface area contributed by atoms with Crippen LogP contribution in [-0.2, 0) is 9.59 Å². The van der Waals surface area contributed by atoms with Crippen LogP contribution in [0.25, 0.3) is 0 Å².